The molecule has 0 aromatic heterocycles. The number of aryl methyl sites for hydroxylation is 2. The molecule has 0 heterocycles. The summed E-state index contributed by atoms with van der Waals surface area (Å²) in [6.07, 6.45) is 8.12. The quantitative estimate of drug-likeness (QED) is 0.251. The molecule has 2 amide bonds. The van der Waals surface area contributed by atoms with Gasteiger partial charge in [0, 0.05) is 19.3 Å². The number of benzene rings is 2. The molecule has 7 nitrogen and oxygen atoms in total. The van der Waals surface area contributed by atoms with Crippen LogP contribution in [0.3, 0.4) is 0 Å². The van der Waals surface area contributed by atoms with E-state index in [0.29, 0.717) is 6.29 Å². The fourth-order valence-electron chi connectivity index (χ4n) is 10.9. The zero-order chi connectivity index (χ0) is 33.3. The minimum Gasteiger partial charge on any atom is -0.508 e. The van der Waals surface area contributed by atoms with Crippen LogP contribution in [0, 0.1) is 22.2 Å². The Morgan fingerprint density at radius 1 is 0.913 bits per heavy atom. The Morgan fingerprint density at radius 3 is 2.35 bits per heavy atom. The van der Waals surface area contributed by atoms with Gasteiger partial charge in [0.2, 0.25) is 11.8 Å². The SMILES string of the molecule is CN(C(=O)[C@@]1(C)CCC[C@]2(C)c3cc(O)ccc3CC[C@@H]12)C(=O)[C@@]1(C)CCC[C@]2(C)c3cc(NCC(O)C=O)ccc3CC[C@@]12C. The molecule has 3 N–H and O–H groups in total. The minimum atomic E-state index is -1.07. The van der Waals surface area contributed by atoms with Crippen molar-refractivity contribution in [1.29, 1.82) is 0 Å². The number of amides is 2. The fourth-order valence-corrected chi connectivity index (χ4v) is 10.9. The van der Waals surface area contributed by atoms with Crippen LogP contribution >= 0.6 is 0 Å². The van der Waals surface area contributed by atoms with E-state index in [1.54, 1.807) is 13.1 Å². The van der Waals surface area contributed by atoms with Crippen LogP contribution < -0.4 is 5.32 Å². The third kappa shape index (κ3) is 4.58. The van der Waals surface area contributed by atoms with E-state index < -0.39 is 16.9 Å². The van der Waals surface area contributed by atoms with Crippen molar-refractivity contribution in [2.75, 3.05) is 18.9 Å². The third-order valence-electron chi connectivity index (χ3n) is 14.0. The molecule has 6 rings (SSSR count). The summed E-state index contributed by atoms with van der Waals surface area (Å²) in [7, 11) is 1.72. The fraction of sp³-hybridized carbons (Fsp3) is 0.615. The molecule has 2 aromatic rings. The number of hydrogen-bond donors (Lipinski definition) is 3. The second-order valence-electron chi connectivity index (χ2n) is 16.1. The number of fused-ring (bicyclic) bond motifs is 6. The van der Waals surface area contributed by atoms with Crippen LogP contribution in [0.1, 0.15) is 108 Å². The maximum absolute atomic E-state index is 14.9. The molecule has 4 aliphatic carbocycles. The number of rotatable bonds is 6. The van der Waals surface area contributed by atoms with Crippen LogP contribution in [-0.4, -0.2) is 52.9 Å². The Hall–Kier alpha value is -3.19. The number of aromatic hydroxyl groups is 1. The van der Waals surface area contributed by atoms with Gasteiger partial charge in [-0.25, -0.2) is 0 Å². The van der Waals surface area contributed by atoms with Crippen LogP contribution in [-0.2, 0) is 38.1 Å². The molecule has 0 aliphatic heterocycles. The second-order valence-corrected chi connectivity index (χ2v) is 16.1. The Labute approximate surface area is 274 Å². The van der Waals surface area contributed by atoms with E-state index in [1.807, 2.05) is 18.2 Å². The van der Waals surface area contributed by atoms with E-state index in [9.17, 15) is 24.6 Å². The highest BCUT2D eigenvalue weighted by atomic mass is 16.3. The van der Waals surface area contributed by atoms with Crippen molar-refractivity contribution in [3.8, 4) is 5.75 Å². The molecule has 0 bridgehead atoms. The van der Waals surface area contributed by atoms with Gasteiger partial charge in [0.1, 0.15) is 18.1 Å². The summed E-state index contributed by atoms with van der Waals surface area (Å²) in [6.45, 7) is 11.2. The summed E-state index contributed by atoms with van der Waals surface area (Å²) >= 11 is 0. The molecule has 2 aromatic carbocycles. The Morgan fingerprint density at radius 2 is 1.61 bits per heavy atom. The van der Waals surface area contributed by atoms with E-state index in [1.165, 1.54) is 21.6 Å². The van der Waals surface area contributed by atoms with Gasteiger partial charge in [-0.3, -0.25) is 14.5 Å². The van der Waals surface area contributed by atoms with E-state index in [-0.39, 0.29) is 46.3 Å². The molecule has 4 aliphatic rings. The van der Waals surface area contributed by atoms with E-state index in [2.05, 4.69) is 52.1 Å². The summed E-state index contributed by atoms with van der Waals surface area (Å²) in [5.41, 5.74) is 3.44. The van der Waals surface area contributed by atoms with Crippen molar-refractivity contribution in [1.82, 2.24) is 4.90 Å². The number of nitrogens with one attached hydrogen (secondary N) is 1. The average Bonchev–Trinajstić information content (AvgIpc) is 3.04. The number of aldehydes is 1. The maximum atomic E-state index is 14.9. The normalized spacial score (nSPS) is 35.4. The molecule has 0 spiro atoms. The van der Waals surface area contributed by atoms with E-state index >= 15 is 0 Å². The van der Waals surface area contributed by atoms with E-state index in [4.69, 9.17) is 0 Å². The molecule has 0 saturated heterocycles. The third-order valence-corrected chi connectivity index (χ3v) is 14.0. The number of carbonyl (C=O) groups is 3. The molecule has 46 heavy (non-hydrogen) atoms. The lowest BCUT2D eigenvalue weighted by atomic mass is 9.41. The number of aliphatic hydroxyl groups excluding tert-OH is 1. The number of anilines is 1. The maximum Gasteiger partial charge on any atom is 0.235 e. The van der Waals surface area contributed by atoms with Gasteiger partial charge in [-0.05, 0) is 120 Å². The number of aliphatic hydroxyl groups is 1. The minimum absolute atomic E-state index is 0.0643. The van der Waals surface area contributed by atoms with Crippen LogP contribution in [0.25, 0.3) is 0 Å². The van der Waals surface area contributed by atoms with Crippen molar-refractivity contribution in [2.24, 2.45) is 22.2 Å². The predicted octanol–water partition coefficient (Wildman–Crippen LogP) is 6.46. The standard InChI is InChI=1S/C39H52N2O5/c1-35-16-7-17-36(2,32(35)14-11-25-10-13-28(43)22-30(25)35)33(45)41(6)34(46)38(4)19-8-18-37(3)31-21-27(40-23-29(44)24-42)12-9-26(31)15-20-39(37,38)5/h9-10,12-13,21-22,24,29,32,40,43-44H,7-8,11,14-20,23H2,1-6H3/t29?,32-,35-,36+,37-,38-,39-/m1/s1. The lowest BCUT2D eigenvalue weighted by molar-refractivity contribution is -0.171. The van der Waals surface area contributed by atoms with Gasteiger partial charge in [-0.2, -0.15) is 0 Å². The largest absolute Gasteiger partial charge is 0.508 e. The average molecular weight is 629 g/mol. The van der Waals surface area contributed by atoms with Gasteiger partial charge >= 0.3 is 0 Å². The van der Waals surface area contributed by atoms with Gasteiger partial charge in [0.15, 0.2) is 0 Å². The zero-order valence-electron chi connectivity index (χ0n) is 28.5. The number of hydrogen-bond acceptors (Lipinski definition) is 6. The van der Waals surface area contributed by atoms with Crippen molar-refractivity contribution in [3.05, 3.63) is 58.7 Å². The summed E-state index contributed by atoms with van der Waals surface area (Å²) in [5, 5.41) is 23.4. The van der Waals surface area contributed by atoms with Gasteiger partial charge < -0.3 is 20.3 Å². The summed E-state index contributed by atoms with van der Waals surface area (Å²) in [5.74, 6) is 0.213. The van der Waals surface area contributed by atoms with Gasteiger partial charge in [-0.15, -0.1) is 0 Å². The van der Waals surface area contributed by atoms with Crippen LogP contribution in [0.2, 0.25) is 0 Å². The Bertz CT molecular complexity index is 1570. The molecule has 2 fully saturated rings. The molecule has 7 atom stereocenters. The van der Waals surface area contributed by atoms with Gasteiger partial charge in [0.25, 0.3) is 0 Å². The monoisotopic (exact) mass is 628 g/mol. The van der Waals surface area contributed by atoms with Crippen LogP contribution in [0.5, 0.6) is 5.75 Å². The van der Waals surface area contributed by atoms with Crippen molar-refractivity contribution in [3.63, 3.8) is 0 Å². The summed E-state index contributed by atoms with van der Waals surface area (Å²) < 4.78 is 0. The first-order valence-electron chi connectivity index (χ1n) is 17.3. The molecule has 2 saturated carbocycles. The zero-order valence-corrected chi connectivity index (χ0v) is 28.5. The summed E-state index contributed by atoms with van der Waals surface area (Å²) in [6, 6.07) is 12.0. The van der Waals surface area contributed by atoms with Crippen molar-refractivity contribution >= 4 is 23.8 Å². The smallest absolute Gasteiger partial charge is 0.235 e. The van der Waals surface area contributed by atoms with Gasteiger partial charge in [-0.1, -0.05) is 59.6 Å². The first kappa shape index (κ1) is 32.7. The van der Waals surface area contributed by atoms with E-state index in [0.717, 1.165) is 75.5 Å². The molecular weight excluding hydrogens is 576 g/mol. The van der Waals surface area contributed by atoms with Crippen LogP contribution in [0.15, 0.2) is 36.4 Å². The Balaban J connectivity index is 1.31. The molecule has 248 valence electrons. The lowest BCUT2D eigenvalue weighted by Crippen LogP contribution is -2.64. The van der Waals surface area contributed by atoms with Gasteiger partial charge in [0.05, 0.1) is 10.8 Å². The van der Waals surface area contributed by atoms with Crippen molar-refractivity contribution in [2.45, 2.75) is 116 Å². The predicted molar refractivity (Wildman–Crippen MR) is 180 cm³/mol. The molecule has 1 unspecified atom stereocenters. The summed E-state index contributed by atoms with van der Waals surface area (Å²) in [4.78, 5) is 42.2. The number of imide groups is 1. The number of carbonyl (C=O) groups excluding carboxylic acids is 3. The van der Waals surface area contributed by atoms with Crippen molar-refractivity contribution < 1.29 is 24.6 Å². The van der Waals surface area contributed by atoms with Crippen LogP contribution in [0.4, 0.5) is 5.69 Å². The topological polar surface area (TPSA) is 107 Å². The first-order chi connectivity index (χ1) is 21.6. The highest BCUT2D eigenvalue weighted by Crippen LogP contribution is 2.66. The first-order valence-corrected chi connectivity index (χ1v) is 17.3. The Kier molecular flexibility index (Phi) is 7.98. The second kappa shape index (κ2) is 11.2. The number of phenols is 1. The molecule has 0 radical (unpaired) electrons. The molecule has 7 heteroatoms. The number of phenolic OH excluding ortho intramolecular Hbond substituents is 1. The molecular formula is C39H52N2O5. The highest BCUT2D eigenvalue weighted by molar-refractivity contribution is 6.01. The number of nitrogens with zero attached hydrogens (tertiary/aromatic N) is 1. The lowest BCUT2D eigenvalue weighted by Gasteiger charge is -2.63. The highest BCUT2D eigenvalue weighted by Gasteiger charge is 2.65.